The van der Waals surface area contributed by atoms with E-state index in [1.165, 1.54) is 0 Å². The van der Waals surface area contributed by atoms with Crippen molar-refractivity contribution in [1.82, 2.24) is 0 Å². The molecule has 0 radical (unpaired) electrons. The quantitative estimate of drug-likeness (QED) is 0.908. The molecule has 0 saturated carbocycles. The summed E-state index contributed by atoms with van der Waals surface area (Å²) >= 11 is 11.9. The summed E-state index contributed by atoms with van der Waals surface area (Å²) in [6, 6.07) is 4.83. The van der Waals surface area contributed by atoms with Crippen LogP contribution in [-0.2, 0) is 14.3 Å². The van der Waals surface area contributed by atoms with Crippen LogP contribution >= 0.6 is 23.2 Å². The molecule has 1 heterocycles. The molecule has 1 aliphatic rings. The Labute approximate surface area is 114 Å². The molecule has 1 fully saturated rings. The summed E-state index contributed by atoms with van der Waals surface area (Å²) in [6.45, 7) is 3.32. The fourth-order valence-corrected chi connectivity index (χ4v) is 2.42. The molecule has 2 atom stereocenters. The normalized spacial score (nSPS) is 26.2. The minimum atomic E-state index is -1.09. The van der Waals surface area contributed by atoms with Gasteiger partial charge in [-0.05, 0) is 26.0 Å². The second kappa shape index (κ2) is 4.70. The van der Waals surface area contributed by atoms with Gasteiger partial charge in [-0.2, -0.15) is 0 Å². The van der Waals surface area contributed by atoms with Crippen molar-refractivity contribution < 1.29 is 19.4 Å². The molecule has 1 aromatic carbocycles. The molecule has 0 aromatic heterocycles. The number of benzene rings is 1. The smallest absolute Gasteiger partial charge is 0.336 e. The standard InChI is InChI=1S/C12H12Cl2O4/c1-12(2)17-9(10(18-12)11(15)16)7-4-3-6(13)5-8(7)14/h3-5,9-10H,1-2H3,(H,15,16)/t9-,10+/m0/s1. The molecule has 1 saturated heterocycles. The number of carboxylic acids is 1. The third kappa shape index (κ3) is 2.62. The number of aliphatic carboxylic acids is 1. The van der Waals surface area contributed by atoms with E-state index >= 15 is 0 Å². The largest absolute Gasteiger partial charge is 0.479 e. The van der Waals surface area contributed by atoms with Crippen LogP contribution in [0.25, 0.3) is 0 Å². The van der Waals surface area contributed by atoms with Gasteiger partial charge in [0.2, 0.25) is 0 Å². The van der Waals surface area contributed by atoms with E-state index in [4.69, 9.17) is 37.8 Å². The lowest BCUT2D eigenvalue weighted by atomic mass is 10.0. The lowest BCUT2D eigenvalue weighted by Gasteiger charge is -2.17. The van der Waals surface area contributed by atoms with Gasteiger partial charge in [-0.3, -0.25) is 0 Å². The Hall–Kier alpha value is -0.810. The number of hydrogen-bond acceptors (Lipinski definition) is 3. The first-order chi connectivity index (χ1) is 8.30. The van der Waals surface area contributed by atoms with Crippen molar-refractivity contribution in [3.63, 3.8) is 0 Å². The SMILES string of the molecule is CC1(C)O[C@@H](C(=O)O)[C@H](c2ccc(Cl)cc2Cl)O1. The zero-order valence-corrected chi connectivity index (χ0v) is 11.3. The Balaban J connectivity index is 2.39. The van der Waals surface area contributed by atoms with Crippen LogP contribution in [0.5, 0.6) is 0 Å². The molecule has 4 nitrogen and oxygen atoms in total. The third-order valence-electron chi connectivity index (χ3n) is 2.61. The summed E-state index contributed by atoms with van der Waals surface area (Å²) in [6.07, 6.45) is -1.83. The van der Waals surface area contributed by atoms with Crippen molar-refractivity contribution in [3.8, 4) is 0 Å². The van der Waals surface area contributed by atoms with E-state index < -0.39 is 24.0 Å². The first-order valence-electron chi connectivity index (χ1n) is 5.33. The summed E-state index contributed by atoms with van der Waals surface area (Å²) in [5.41, 5.74) is 0.555. The maximum absolute atomic E-state index is 11.2. The molecule has 1 aliphatic heterocycles. The predicted octanol–water partition coefficient (Wildman–Crippen LogP) is 3.27. The van der Waals surface area contributed by atoms with Crippen LogP contribution in [-0.4, -0.2) is 23.0 Å². The highest BCUT2D eigenvalue weighted by Gasteiger charge is 2.46. The first kappa shape index (κ1) is 13.6. The van der Waals surface area contributed by atoms with Crippen LogP contribution in [0.3, 0.4) is 0 Å². The predicted molar refractivity (Wildman–Crippen MR) is 66.9 cm³/mol. The van der Waals surface area contributed by atoms with Crippen LogP contribution in [0.4, 0.5) is 0 Å². The number of rotatable bonds is 2. The van der Waals surface area contributed by atoms with E-state index in [1.54, 1.807) is 32.0 Å². The van der Waals surface area contributed by atoms with Gasteiger partial charge in [0, 0.05) is 15.6 Å². The lowest BCUT2D eigenvalue weighted by molar-refractivity contribution is -0.165. The van der Waals surface area contributed by atoms with E-state index in [-0.39, 0.29) is 0 Å². The molecule has 0 aliphatic carbocycles. The summed E-state index contributed by atoms with van der Waals surface area (Å²) in [5.74, 6) is -2.05. The van der Waals surface area contributed by atoms with Gasteiger partial charge in [-0.1, -0.05) is 29.3 Å². The Morgan fingerprint density at radius 1 is 1.33 bits per heavy atom. The average Bonchev–Trinajstić information content (AvgIpc) is 2.54. The van der Waals surface area contributed by atoms with Gasteiger partial charge < -0.3 is 14.6 Å². The number of hydrogen-bond donors (Lipinski definition) is 1. The third-order valence-corrected chi connectivity index (χ3v) is 3.17. The monoisotopic (exact) mass is 290 g/mol. The van der Waals surface area contributed by atoms with Gasteiger partial charge in [0.15, 0.2) is 11.9 Å². The van der Waals surface area contributed by atoms with Crippen LogP contribution in [0, 0.1) is 0 Å². The molecule has 0 spiro atoms. The van der Waals surface area contributed by atoms with Crippen molar-refractivity contribution >= 4 is 29.2 Å². The Morgan fingerprint density at radius 3 is 2.56 bits per heavy atom. The van der Waals surface area contributed by atoms with E-state index in [0.717, 1.165) is 0 Å². The molecule has 18 heavy (non-hydrogen) atoms. The zero-order chi connectivity index (χ0) is 13.5. The van der Waals surface area contributed by atoms with E-state index in [0.29, 0.717) is 15.6 Å². The molecular formula is C12H12Cl2O4. The molecule has 6 heteroatoms. The molecule has 0 amide bonds. The summed E-state index contributed by atoms with van der Waals surface area (Å²) in [7, 11) is 0. The number of carboxylic acid groups (broad SMARTS) is 1. The van der Waals surface area contributed by atoms with Crippen molar-refractivity contribution in [3.05, 3.63) is 33.8 Å². The summed E-state index contributed by atoms with van der Waals surface area (Å²) < 4.78 is 10.9. The average molecular weight is 291 g/mol. The van der Waals surface area contributed by atoms with Crippen LogP contribution in [0.15, 0.2) is 18.2 Å². The van der Waals surface area contributed by atoms with Gasteiger partial charge in [-0.25, -0.2) is 4.79 Å². The molecular weight excluding hydrogens is 279 g/mol. The maximum atomic E-state index is 11.2. The van der Waals surface area contributed by atoms with Gasteiger partial charge >= 0.3 is 5.97 Å². The van der Waals surface area contributed by atoms with Gasteiger partial charge in [0.25, 0.3) is 0 Å². The topological polar surface area (TPSA) is 55.8 Å². The van der Waals surface area contributed by atoms with Crippen LogP contribution in [0.2, 0.25) is 10.0 Å². The molecule has 98 valence electrons. The number of ether oxygens (including phenoxy) is 2. The maximum Gasteiger partial charge on any atom is 0.336 e. The number of halogens is 2. The highest BCUT2D eigenvalue weighted by molar-refractivity contribution is 6.35. The van der Waals surface area contributed by atoms with E-state index in [2.05, 4.69) is 0 Å². The van der Waals surface area contributed by atoms with Crippen LogP contribution in [0.1, 0.15) is 25.5 Å². The first-order valence-corrected chi connectivity index (χ1v) is 6.09. The van der Waals surface area contributed by atoms with Gasteiger partial charge in [0.05, 0.1) is 0 Å². The number of carbonyl (C=O) groups is 1. The second-order valence-electron chi connectivity index (χ2n) is 4.48. The summed E-state index contributed by atoms with van der Waals surface area (Å²) in [4.78, 5) is 11.2. The minimum Gasteiger partial charge on any atom is -0.479 e. The minimum absolute atomic E-state index is 0.361. The molecule has 2 rings (SSSR count). The Bertz CT molecular complexity index is 487. The second-order valence-corrected chi connectivity index (χ2v) is 5.32. The van der Waals surface area contributed by atoms with Gasteiger partial charge in [0.1, 0.15) is 6.10 Å². The van der Waals surface area contributed by atoms with Crippen LogP contribution < -0.4 is 0 Å². The van der Waals surface area contributed by atoms with Gasteiger partial charge in [-0.15, -0.1) is 0 Å². The highest BCUT2D eigenvalue weighted by Crippen LogP contribution is 2.41. The fourth-order valence-electron chi connectivity index (χ4n) is 1.90. The molecule has 1 aromatic rings. The molecule has 0 bridgehead atoms. The van der Waals surface area contributed by atoms with Crippen molar-refractivity contribution in [1.29, 1.82) is 0 Å². The summed E-state index contributed by atoms with van der Waals surface area (Å²) in [5, 5.41) is 9.99. The van der Waals surface area contributed by atoms with Crippen molar-refractivity contribution in [2.24, 2.45) is 0 Å². The Kier molecular flexibility index (Phi) is 3.56. The highest BCUT2D eigenvalue weighted by atomic mass is 35.5. The molecule has 1 N–H and O–H groups in total. The van der Waals surface area contributed by atoms with E-state index in [9.17, 15) is 4.79 Å². The Morgan fingerprint density at radius 2 is 2.00 bits per heavy atom. The van der Waals surface area contributed by atoms with Crippen molar-refractivity contribution in [2.75, 3.05) is 0 Å². The zero-order valence-electron chi connectivity index (χ0n) is 9.81. The lowest BCUT2D eigenvalue weighted by Crippen LogP contribution is -2.27. The van der Waals surface area contributed by atoms with E-state index in [1.807, 2.05) is 0 Å². The fraction of sp³-hybridized carbons (Fsp3) is 0.417. The van der Waals surface area contributed by atoms with Crippen molar-refractivity contribution in [2.45, 2.75) is 31.8 Å². The molecule has 0 unspecified atom stereocenters.